The molecule has 1 aliphatic rings. The lowest BCUT2D eigenvalue weighted by Gasteiger charge is -2.31. The molecule has 1 saturated heterocycles. The van der Waals surface area contributed by atoms with Crippen molar-refractivity contribution in [3.05, 3.63) is 5.82 Å². The minimum absolute atomic E-state index is 0.0531. The predicted molar refractivity (Wildman–Crippen MR) is 67.9 cm³/mol. The van der Waals surface area contributed by atoms with Crippen molar-refractivity contribution in [2.45, 2.75) is 24.4 Å². The molecular weight excluding hydrogens is 311 g/mol. The van der Waals surface area contributed by atoms with E-state index in [2.05, 4.69) is 10.2 Å². The molecule has 7 nitrogen and oxygen atoms in total. The Morgan fingerprint density at radius 2 is 2.24 bits per heavy atom. The van der Waals surface area contributed by atoms with Crippen molar-refractivity contribution in [3.63, 3.8) is 0 Å². The molecule has 0 bridgehead atoms. The van der Waals surface area contributed by atoms with Crippen molar-refractivity contribution >= 4 is 17.7 Å². The highest BCUT2D eigenvalue weighted by Crippen LogP contribution is 2.28. The lowest BCUT2D eigenvalue weighted by atomic mass is 10.3. The lowest BCUT2D eigenvalue weighted by molar-refractivity contribution is -0.146. The summed E-state index contributed by atoms with van der Waals surface area (Å²) in [6.45, 7) is 3.22. The first-order valence-electron chi connectivity index (χ1n) is 6.09. The third-order valence-corrected chi connectivity index (χ3v) is 3.76. The Morgan fingerprint density at radius 1 is 1.52 bits per heavy atom. The highest BCUT2D eigenvalue weighted by atomic mass is 32.2. The van der Waals surface area contributed by atoms with Crippen LogP contribution in [0.15, 0.2) is 5.16 Å². The maximum absolute atomic E-state index is 12.5. The van der Waals surface area contributed by atoms with Gasteiger partial charge >= 0.3 is 6.18 Å². The number of carbonyl (C=O) groups excluding carboxylic acids is 1. The molecule has 118 valence electrons. The highest BCUT2D eigenvalue weighted by molar-refractivity contribution is 7.99. The zero-order valence-corrected chi connectivity index (χ0v) is 11.9. The normalized spacial score (nSPS) is 19.8. The van der Waals surface area contributed by atoms with Crippen LogP contribution in [0, 0.1) is 0 Å². The first-order valence-corrected chi connectivity index (χ1v) is 7.07. The van der Waals surface area contributed by atoms with Gasteiger partial charge in [0.05, 0.1) is 18.5 Å². The van der Waals surface area contributed by atoms with Crippen molar-refractivity contribution < 1.29 is 22.7 Å². The second-order valence-electron chi connectivity index (χ2n) is 4.48. The predicted octanol–water partition coefficient (Wildman–Crippen LogP) is 0.350. The van der Waals surface area contributed by atoms with Gasteiger partial charge in [-0.15, -0.1) is 10.2 Å². The summed E-state index contributed by atoms with van der Waals surface area (Å²) in [6, 6.07) is 0. The molecule has 1 fully saturated rings. The maximum atomic E-state index is 12.5. The molecule has 1 atom stereocenters. The van der Waals surface area contributed by atoms with Gasteiger partial charge in [0.25, 0.3) is 5.82 Å². The van der Waals surface area contributed by atoms with E-state index in [1.54, 1.807) is 4.90 Å². The summed E-state index contributed by atoms with van der Waals surface area (Å²) < 4.78 is 43.1. The number of hydrogen-bond donors (Lipinski definition) is 1. The average molecular weight is 325 g/mol. The topological polar surface area (TPSA) is 86.3 Å². The standard InChI is InChI=1S/C10H14F3N5O2S/c1-6-4-17(2-3-20-6)7(19)5-21-9-16-15-8(18(9)14)10(11,12)13/h6H,2-5,14H2,1H3. The minimum atomic E-state index is -4.68. The number of halogens is 3. The van der Waals surface area contributed by atoms with Crippen LogP contribution in [0.4, 0.5) is 13.2 Å². The van der Waals surface area contributed by atoms with Crippen molar-refractivity contribution in [2.75, 3.05) is 31.3 Å². The molecule has 1 amide bonds. The molecule has 1 aromatic heterocycles. The number of carbonyl (C=O) groups is 1. The van der Waals surface area contributed by atoms with Crippen molar-refractivity contribution in [1.82, 2.24) is 19.8 Å². The first-order chi connectivity index (χ1) is 9.79. The molecule has 0 aliphatic carbocycles. The number of nitrogens with two attached hydrogens (primary N) is 1. The van der Waals surface area contributed by atoms with Crippen LogP contribution in [0.1, 0.15) is 12.7 Å². The van der Waals surface area contributed by atoms with E-state index in [9.17, 15) is 18.0 Å². The zero-order valence-electron chi connectivity index (χ0n) is 11.1. The van der Waals surface area contributed by atoms with E-state index in [-0.39, 0.29) is 22.9 Å². The van der Waals surface area contributed by atoms with Gasteiger partial charge in [0.2, 0.25) is 11.1 Å². The van der Waals surface area contributed by atoms with Crippen LogP contribution in [-0.4, -0.2) is 57.2 Å². The third kappa shape index (κ3) is 3.79. The van der Waals surface area contributed by atoms with Gasteiger partial charge in [0.1, 0.15) is 0 Å². The van der Waals surface area contributed by atoms with Gasteiger partial charge in [-0.2, -0.15) is 13.2 Å². The molecule has 0 spiro atoms. The number of nitrogen functional groups attached to an aromatic ring is 1. The monoisotopic (exact) mass is 325 g/mol. The summed E-state index contributed by atoms with van der Waals surface area (Å²) in [5.41, 5.74) is 0. The minimum Gasteiger partial charge on any atom is -0.375 e. The Bertz CT molecular complexity index is 521. The van der Waals surface area contributed by atoms with Gasteiger partial charge < -0.3 is 15.5 Å². The number of hydrogen-bond acceptors (Lipinski definition) is 6. The van der Waals surface area contributed by atoms with E-state index >= 15 is 0 Å². The molecule has 1 aromatic rings. The summed E-state index contributed by atoms with van der Waals surface area (Å²) in [4.78, 5) is 13.6. The fraction of sp³-hybridized carbons (Fsp3) is 0.700. The van der Waals surface area contributed by atoms with Gasteiger partial charge in [0, 0.05) is 13.1 Å². The Morgan fingerprint density at radius 3 is 2.81 bits per heavy atom. The number of aromatic nitrogens is 3. The summed E-state index contributed by atoms with van der Waals surface area (Å²) in [7, 11) is 0. The number of thioether (sulfide) groups is 1. The smallest absolute Gasteiger partial charge is 0.375 e. The largest absolute Gasteiger partial charge is 0.453 e. The van der Waals surface area contributed by atoms with Crippen molar-refractivity contribution in [2.24, 2.45) is 0 Å². The van der Waals surface area contributed by atoms with Gasteiger partial charge in [-0.3, -0.25) is 4.79 Å². The number of nitrogens with zero attached hydrogens (tertiary/aromatic N) is 4. The molecule has 11 heteroatoms. The molecule has 0 radical (unpaired) electrons. The Hall–Kier alpha value is -1.49. The lowest BCUT2D eigenvalue weighted by Crippen LogP contribution is -2.45. The molecule has 2 N–H and O–H groups in total. The number of rotatable bonds is 3. The number of morpholine rings is 1. The second kappa shape index (κ2) is 6.10. The number of alkyl halides is 3. The molecule has 0 aromatic carbocycles. The van der Waals surface area contributed by atoms with Crippen molar-refractivity contribution in [3.8, 4) is 0 Å². The summed E-state index contributed by atoms with van der Waals surface area (Å²) in [5.74, 6) is 3.73. The third-order valence-electron chi connectivity index (χ3n) is 2.84. The molecule has 1 aliphatic heterocycles. The van der Waals surface area contributed by atoms with E-state index in [1.807, 2.05) is 6.92 Å². The first kappa shape index (κ1) is 15.9. The average Bonchev–Trinajstić information content (AvgIpc) is 2.77. The van der Waals surface area contributed by atoms with Crippen LogP contribution in [-0.2, 0) is 15.7 Å². The van der Waals surface area contributed by atoms with Gasteiger partial charge in [-0.1, -0.05) is 11.8 Å². The Labute approximate surface area is 122 Å². The van der Waals surface area contributed by atoms with Crippen molar-refractivity contribution in [1.29, 1.82) is 0 Å². The zero-order chi connectivity index (χ0) is 15.6. The molecule has 2 rings (SSSR count). The summed E-state index contributed by atoms with van der Waals surface area (Å²) in [5, 5.41) is 6.18. The van der Waals surface area contributed by atoms with Crippen LogP contribution < -0.4 is 5.84 Å². The summed E-state index contributed by atoms with van der Waals surface area (Å²) in [6.07, 6.45) is -4.73. The molecule has 21 heavy (non-hydrogen) atoms. The molecule has 2 heterocycles. The van der Waals surface area contributed by atoms with Crippen LogP contribution in [0.2, 0.25) is 0 Å². The van der Waals surface area contributed by atoms with Crippen LogP contribution in [0.25, 0.3) is 0 Å². The van der Waals surface area contributed by atoms with E-state index in [0.717, 1.165) is 11.8 Å². The second-order valence-corrected chi connectivity index (χ2v) is 5.43. The van der Waals surface area contributed by atoms with E-state index in [4.69, 9.17) is 10.6 Å². The van der Waals surface area contributed by atoms with Crippen LogP contribution >= 0.6 is 11.8 Å². The summed E-state index contributed by atoms with van der Waals surface area (Å²) >= 11 is 0.819. The molecular formula is C10H14F3N5O2S. The Balaban J connectivity index is 1.94. The van der Waals surface area contributed by atoms with Gasteiger partial charge in [0.15, 0.2) is 0 Å². The number of amides is 1. The molecule has 1 unspecified atom stereocenters. The Kier molecular flexibility index (Phi) is 4.61. The fourth-order valence-electron chi connectivity index (χ4n) is 1.83. The van der Waals surface area contributed by atoms with Crippen LogP contribution in [0.3, 0.4) is 0 Å². The highest BCUT2D eigenvalue weighted by Gasteiger charge is 2.38. The van der Waals surface area contributed by atoms with E-state index < -0.39 is 12.0 Å². The quantitative estimate of drug-likeness (QED) is 0.637. The maximum Gasteiger partial charge on any atom is 0.453 e. The van der Waals surface area contributed by atoms with Crippen LogP contribution in [0.5, 0.6) is 0 Å². The SMILES string of the molecule is CC1CN(C(=O)CSc2nnc(C(F)(F)F)n2N)CCO1. The fourth-order valence-corrected chi connectivity index (χ4v) is 2.59. The van der Waals surface area contributed by atoms with E-state index in [1.165, 1.54) is 0 Å². The number of ether oxygens (including phenoxy) is 1. The molecule has 0 saturated carbocycles. The van der Waals surface area contributed by atoms with Gasteiger partial charge in [-0.25, -0.2) is 4.68 Å². The van der Waals surface area contributed by atoms with Gasteiger partial charge in [-0.05, 0) is 6.92 Å². The van der Waals surface area contributed by atoms with E-state index in [0.29, 0.717) is 24.4 Å².